The fourth-order valence-electron chi connectivity index (χ4n) is 3.99. The largest absolute Gasteiger partial charge is 0.424 e. The van der Waals surface area contributed by atoms with E-state index in [2.05, 4.69) is 38.1 Å². The number of aliphatic hydroxyl groups excluding tert-OH is 1. The molecule has 1 saturated carbocycles. The van der Waals surface area contributed by atoms with Gasteiger partial charge in [0.15, 0.2) is 0 Å². The molecule has 128 valence electrons. The molecular formula is C21H28O2Si. The summed E-state index contributed by atoms with van der Waals surface area (Å²) < 4.78 is 0. The topological polar surface area (TPSA) is 40.5 Å². The van der Waals surface area contributed by atoms with Crippen LogP contribution in [0.15, 0.2) is 60.7 Å². The van der Waals surface area contributed by atoms with Gasteiger partial charge in [-0.1, -0.05) is 74.5 Å². The smallest absolute Gasteiger partial charge is 0.258 e. The molecule has 0 radical (unpaired) electrons. The normalized spacial score (nSPS) is 21.3. The minimum absolute atomic E-state index is 0.0995. The molecule has 0 aromatic heterocycles. The van der Waals surface area contributed by atoms with Gasteiger partial charge in [0.1, 0.15) is 0 Å². The highest BCUT2D eigenvalue weighted by Gasteiger charge is 2.49. The average Bonchev–Trinajstić information content (AvgIpc) is 2.58. The summed E-state index contributed by atoms with van der Waals surface area (Å²) in [6.45, 7) is 4.43. The minimum atomic E-state index is -2.86. The van der Waals surface area contributed by atoms with Gasteiger partial charge in [0, 0.05) is 0 Å². The van der Waals surface area contributed by atoms with Gasteiger partial charge in [-0.15, -0.1) is 0 Å². The van der Waals surface area contributed by atoms with Crippen molar-refractivity contribution in [3.05, 3.63) is 60.7 Å². The molecule has 0 heterocycles. The lowest BCUT2D eigenvalue weighted by molar-refractivity contribution is 0.0369. The van der Waals surface area contributed by atoms with Crippen LogP contribution in [-0.2, 0) is 0 Å². The van der Waals surface area contributed by atoms with Gasteiger partial charge in [-0.3, -0.25) is 0 Å². The molecule has 2 N–H and O–H groups in total. The molecule has 0 saturated heterocycles. The van der Waals surface area contributed by atoms with E-state index in [4.69, 9.17) is 0 Å². The van der Waals surface area contributed by atoms with E-state index in [0.29, 0.717) is 5.92 Å². The molecule has 2 nitrogen and oxygen atoms in total. The van der Waals surface area contributed by atoms with Crippen molar-refractivity contribution in [1.29, 1.82) is 0 Å². The Morgan fingerprint density at radius 3 is 1.79 bits per heavy atom. The van der Waals surface area contributed by atoms with Crippen LogP contribution in [-0.4, -0.2) is 24.3 Å². The second-order valence-corrected chi connectivity index (χ2v) is 11.8. The van der Waals surface area contributed by atoms with E-state index >= 15 is 0 Å². The van der Waals surface area contributed by atoms with E-state index < -0.39 is 8.32 Å². The van der Waals surface area contributed by atoms with Gasteiger partial charge >= 0.3 is 0 Å². The summed E-state index contributed by atoms with van der Waals surface area (Å²) in [4.78, 5) is 12.0. The summed E-state index contributed by atoms with van der Waals surface area (Å²) in [5.41, 5.74) is 0. The van der Waals surface area contributed by atoms with Crippen molar-refractivity contribution in [2.75, 3.05) is 0 Å². The first-order chi connectivity index (χ1) is 11.4. The SMILES string of the molecule is CC(C)(CCC1CC(O)C1)[Si](O)(c1ccccc1)c1ccccc1. The lowest BCUT2D eigenvalue weighted by atomic mass is 9.78. The van der Waals surface area contributed by atoms with Crippen LogP contribution in [0.5, 0.6) is 0 Å². The Kier molecular flexibility index (Phi) is 4.95. The standard InChI is InChI=1S/C21H28O2Si/c1-21(2,14-13-17-15-18(22)16-17)24(23,19-9-5-3-6-10-19)20-11-7-4-8-12-20/h3-12,17-18,22-23H,13-16H2,1-2H3. The fourth-order valence-corrected chi connectivity index (χ4v) is 7.74. The number of hydrogen-bond acceptors (Lipinski definition) is 2. The second-order valence-electron chi connectivity index (χ2n) is 7.86. The number of hydrogen-bond donors (Lipinski definition) is 2. The van der Waals surface area contributed by atoms with Crippen molar-refractivity contribution >= 4 is 18.7 Å². The molecule has 0 unspecified atom stereocenters. The van der Waals surface area contributed by atoms with Gasteiger partial charge in [0.05, 0.1) is 6.10 Å². The van der Waals surface area contributed by atoms with Crippen molar-refractivity contribution < 1.29 is 9.90 Å². The van der Waals surface area contributed by atoms with E-state index in [1.165, 1.54) is 0 Å². The van der Waals surface area contributed by atoms with Gasteiger partial charge in [-0.2, -0.15) is 0 Å². The van der Waals surface area contributed by atoms with Crippen LogP contribution in [0, 0.1) is 5.92 Å². The lowest BCUT2D eigenvalue weighted by Crippen LogP contribution is -2.65. The molecule has 2 aromatic carbocycles. The highest BCUT2D eigenvalue weighted by molar-refractivity contribution is 6.98. The molecule has 0 atom stereocenters. The first-order valence-corrected chi connectivity index (χ1v) is 10.9. The maximum atomic E-state index is 12.0. The van der Waals surface area contributed by atoms with Crippen molar-refractivity contribution in [3.63, 3.8) is 0 Å². The van der Waals surface area contributed by atoms with Gasteiger partial charge in [-0.05, 0) is 47.0 Å². The molecule has 0 amide bonds. The van der Waals surface area contributed by atoms with Crippen LogP contribution in [0.4, 0.5) is 0 Å². The molecule has 3 heteroatoms. The van der Waals surface area contributed by atoms with Crippen LogP contribution in [0.2, 0.25) is 5.04 Å². The molecule has 1 aliphatic rings. The Morgan fingerprint density at radius 1 is 0.917 bits per heavy atom. The van der Waals surface area contributed by atoms with Crippen LogP contribution < -0.4 is 10.4 Å². The molecule has 0 spiro atoms. The zero-order chi connectivity index (χ0) is 17.2. The lowest BCUT2D eigenvalue weighted by Gasteiger charge is -2.43. The van der Waals surface area contributed by atoms with Gasteiger partial charge in [0.25, 0.3) is 8.32 Å². The minimum Gasteiger partial charge on any atom is -0.424 e. The zero-order valence-corrected chi connectivity index (χ0v) is 15.7. The van der Waals surface area contributed by atoms with Gasteiger partial charge < -0.3 is 9.90 Å². The fraction of sp³-hybridized carbons (Fsp3) is 0.429. The summed E-state index contributed by atoms with van der Waals surface area (Å²) in [7, 11) is -2.86. The molecule has 0 bridgehead atoms. The molecular weight excluding hydrogens is 312 g/mol. The van der Waals surface area contributed by atoms with Gasteiger partial charge in [0.2, 0.25) is 0 Å². The first-order valence-electron chi connectivity index (χ1n) is 8.95. The first kappa shape index (κ1) is 17.4. The highest BCUT2D eigenvalue weighted by Crippen LogP contribution is 2.43. The van der Waals surface area contributed by atoms with Crippen molar-refractivity contribution in [3.8, 4) is 0 Å². The van der Waals surface area contributed by atoms with E-state index in [9.17, 15) is 9.90 Å². The predicted molar refractivity (Wildman–Crippen MR) is 102 cm³/mol. The third-order valence-electron chi connectivity index (χ3n) is 5.75. The van der Waals surface area contributed by atoms with Gasteiger partial charge in [-0.25, -0.2) is 0 Å². The van der Waals surface area contributed by atoms with Crippen molar-refractivity contribution in [2.24, 2.45) is 5.92 Å². The van der Waals surface area contributed by atoms with E-state index in [1.54, 1.807) is 0 Å². The predicted octanol–water partition coefficient (Wildman–Crippen LogP) is 3.07. The van der Waals surface area contributed by atoms with E-state index in [-0.39, 0.29) is 11.1 Å². The monoisotopic (exact) mass is 340 g/mol. The number of aliphatic hydroxyl groups is 1. The third-order valence-corrected chi connectivity index (χ3v) is 10.3. The van der Waals surface area contributed by atoms with Crippen LogP contribution >= 0.6 is 0 Å². The Hall–Kier alpha value is -1.42. The second kappa shape index (κ2) is 6.83. The Bertz CT molecular complexity index is 609. The quantitative estimate of drug-likeness (QED) is 0.794. The third kappa shape index (κ3) is 3.21. The molecule has 1 fully saturated rings. The van der Waals surface area contributed by atoms with Crippen LogP contribution in [0.3, 0.4) is 0 Å². The number of rotatable bonds is 6. The maximum Gasteiger partial charge on any atom is 0.258 e. The highest BCUT2D eigenvalue weighted by atomic mass is 28.4. The molecule has 2 aromatic rings. The van der Waals surface area contributed by atoms with E-state index in [1.807, 2.05) is 36.4 Å². The summed E-state index contributed by atoms with van der Waals surface area (Å²) in [5, 5.41) is 11.5. The molecule has 1 aliphatic carbocycles. The Morgan fingerprint density at radius 2 is 1.38 bits per heavy atom. The maximum absolute atomic E-state index is 12.0. The summed E-state index contributed by atoms with van der Waals surface area (Å²) in [5.74, 6) is 0.615. The van der Waals surface area contributed by atoms with E-state index in [0.717, 1.165) is 36.1 Å². The van der Waals surface area contributed by atoms with Crippen molar-refractivity contribution in [1.82, 2.24) is 0 Å². The Balaban J connectivity index is 1.92. The van der Waals surface area contributed by atoms with Crippen LogP contribution in [0.1, 0.15) is 39.5 Å². The average molecular weight is 341 g/mol. The summed E-state index contributed by atoms with van der Waals surface area (Å²) in [6.07, 6.45) is 3.81. The summed E-state index contributed by atoms with van der Waals surface area (Å²) in [6, 6.07) is 20.4. The Labute approximate surface area is 146 Å². The number of benzene rings is 2. The summed E-state index contributed by atoms with van der Waals surface area (Å²) >= 11 is 0. The molecule has 0 aliphatic heterocycles. The molecule has 24 heavy (non-hydrogen) atoms. The molecule has 3 rings (SSSR count). The zero-order valence-electron chi connectivity index (χ0n) is 14.7. The van der Waals surface area contributed by atoms with Crippen LogP contribution in [0.25, 0.3) is 0 Å². The van der Waals surface area contributed by atoms with Crippen molar-refractivity contribution in [2.45, 2.75) is 50.7 Å².